The standard InChI is InChI=1S/C11H15N3OS2/c1-3-7(2)17-6-9-13-11(15-14-9)8-4-5-16-10(8)12/h4-5,7H,3,6,12H2,1-2H3. The third kappa shape index (κ3) is 3.01. The lowest BCUT2D eigenvalue weighted by Gasteiger charge is -2.04. The highest BCUT2D eigenvalue weighted by molar-refractivity contribution is 7.99. The fraction of sp³-hybridized carbons (Fsp3) is 0.455. The zero-order valence-corrected chi connectivity index (χ0v) is 11.5. The van der Waals surface area contributed by atoms with Gasteiger partial charge in [-0.05, 0) is 17.9 Å². The second-order valence-corrected chi connectivity index (χ2v) is 6.12. The summed E-state index contributed by atoms with van der Waals surface area (Å²) in [6, 6.07) is 1.90. The first-order valence-electron chi connectivity index (χ1n) is 5.48. The summed E-state index contributed by atoms with van der Waals surface area (Å²) in [5, 5.41) is 7.21. The number of anilines is 1. The summed E-state index contributed by atoms with van der Waals surface area (Å²) in [7, 11) is 0. The van der Waals surface area contributed by atoms with Gasteiger partial charge in [-0.15, -0.1) is 11.3 Å². The number of nitrogen functional groups attached to an aromatic ring is 1. The van der Waals surface area contributed by atoms with Crippen LogP contribution in [-0.4, -0.2) is 15.4 Å². The summed E-state index contributed by atoms with van der Waals surface area (Å²) in [6.07, 6.45) is 1.15. The minimum atomic E-state index is 0.517. The predicted octanol–water partition coefficient (Wildman–Crippen LogP) is 3.41. The van der Waals surface area contributed by atoms with Gasteiger partial charge in [0.1, 0.15) is 0 Å². The molecule has 0 bridgehead atoms. The van der Waals surface area contributed by atoms with Crippen molar-refractivity contribution in [3.8, 4) is 11.5 Å². The maximum Gasteiger partial charge on any atom is 0.260 e. The lowest BCUT2D eigenvalue weighted by atomic mass is 10.3. The van der Waals surface area contributed by atoms with Crippen molar-refractivity contribution < 1.29 is 4.52 Å². The van der Waals surface area contributed by atoms with E-state index < -0.39 is 0 Å². The lowest BCUT2D eigenvalue weighted by molar-refractivity contribution is 0.425. The molecule has 4 nitrogen and oxygen atoms in total. The molecule has 0 radical (unpaired) electrons. The molecule has 0 amide bonds. The van der Waals surface area contributed by atoms with Crippen LogP contribution in [0, 0.1) is 0 Å². The quantitative estimate of drug-likeness (QED) is 0.901. The van der Waals surface area contributed by atoms with Gasteiger partial charge < -0.3 is 10.3 Å². The first-order chi connectivity index (χ1) is 8.20. The molecule has 0 aliphatic rings. The van der Waals surface area contributed by atoms with Crippen molar-refractivity contribution in [2.75, 3.05) is 5.73 Å². The van der Waals surface area contributed by atoms with Crippen LogP contribution in [0.4, 0.5) is 5.00 Å². The fourth-order valence-electron chi connectivity index (χ4n) is 1.25. The molecule has 0 fully saturated rings. The summed E-state index contributed by atoms with van der Waals surface area (Å²) in [5.74, 6) is 2.03. The summed E-state index contributed by atoms with van der Waals surface area (Å²) >= 11 is 3.31. The molecular formula is C11H15N3OS2. The van der Waals surface area contributed by atoms with E-state index in [1.807, 2.05) is 23.2 Å². The van der Waals surface area contributed by atoms with Crippen molar-refractivity contribution in [3.05, 3.63) is 17.3 Å². The molecule has 0 saturated carbocycles. The molecule has 2 N–H and O–H groups in total. The van der Waals surface area contributed by atoms with Gasteiger partial charge in [-0.2, -0.15) is 16.7 Å². The Kier molecular flexibility index (Phi) is 4.06. The van der Waals surface area contributed by atoms with Gasteiger partial charge >= 0.3 is 0 Å². The lowest BCUT2D eigenvalue weighted by Crippen LogP contribution is -1.94. The molecule has 0 aromatic carbocycles. The molecule has 17 heavy (non-hydrogen) atoms. The fourth-order valence-corrected chi connectivity index (χ4v) is 2.67. The van der Waals surface area contributed by atoms with Crippen molar-refractivity contribution in [1.82, 2.24) is 10.1 Å². The van der Waals surface area contributed by atoms with E-state index in [0.717, 1.165) is 28.6 Å². The molecule has 6 heteroatoms. The van der Waals surface area contributed by atoms with E-state index in [2.05, 4.69) is 24.0 Å². The summed E-state index contributed by atoms with van der Waals surface area (Å²) in [4.78, 5) is 4.35. The molecule has 0 spiro atoms. The first kappa shape index (κ1) is 12.4. The highest BCUT2D eigenvalue weighted by Crippen LogP contribution is 2.29. The van der Waals surface area contributed by atoms with Crippen LogP contribution in [-0.2, 0) is 5.75 Å². The maximum atomic E-state index is 5.81. The highest BCUT2D eigenvalue weighted by atomic mass is 32.2. The zero-order valence-electron chi connectivity index (χ0n) is 9.84. The Hall–Kier alpha value is -1.01. The third-order valence-electron chi connectivity index (χ3n) is 2.47. The Balaban J connectivity index is 2.04. The van der Waals surface area contributed by atoms with Crippen molar-refractivity contribution >= 4 is 28.1 Å². The molecule has 2 heterocycles. The second kappa shape index (κ2) is 5.55. The van der Waals surface area contributed by atoms with Crippen LogP contribution in [0.15, 0.2) is 16.0 Å². The van der Waals surface area contributed by atoms with Crippen molar-refractivity contribution in [2.45, 2.75) is 31.3 Å². The van der Waals surface area contributed by atoms with E-state index in [-0.39, 0.29) is 0 Å². The molecule has 0 aliphatic carbocycles. The van der Waals surface area contributed by atoms with Crippen molar-refractivity contribution in [1.29, 1.82) is 0 Å². The van der Waals surface area contributed by atoms with E-state index in [1.165, 1.54) is 11.3 Å². The number of nitrogens with two attached hydrogens (primary N) is 1. The van der Waals surface area contributed by atoms with E-state index in [4.69, 9.17) is 10.3 Å². The zero-order chi connectivity index (χ0) is 12.3. The molecule has 2 aromatic heterocycles. The van der Waals surface area contributed by atoms with Gasteiger partial charge in [0.05, 0.1) is 16.3 Å². The Morgan fingerprint density at radius 1 is 1.59 bits per heavy atom. The largest absolute Gasteiger partial charge is 0.390 e. The summed E-state index contributed by atoms with van der Waals surface area (Å²) in [6.45, 7) is 4.37. The molecule has 0 saturated heterocycles. The van der Waals surface area contributed by atoms with Gasteiger partial charge in [-0.1, -0.05) is 19.0 Å². The molecule has 2 aromatic rings. The number of hydrogen-bond donors (Lipinski definition) is 1. The SMILES string of the molecule is CCC(C)SCc1noc(-c2ccsc2N)n1. The minimum Gasteiger partial charge on any atom is -0.390 e. The molecule has 92 valence electrons. The molecule has 1 unspecified atom stereocenters. The Bertz CT molecular complexity index is 481. The third-order valence-corrected chi connectivity index (χ3v) is 4.54. The van der Waals surface area contributed by atoms with Gasteiger partial charge in [0.15, 0.2) is 5.82 Å². The first-order valence-corrected chi connectivity index (χ1v) is 7.41. The Morgan fingerprint density at radius 2 is 2.41 bits per heavy atom. The number of thiophene rings is 1. The van der Waals surface area contributed by atoms with Crippen LogP contribution in [0.5, 0.6) is 0 Å². The second-order valence-electron chi connectivity index (χ2n) is 3.74. The average Bonchev–Trinajstić information content (AvgIpc) is 2.94. The van der Waals surface area contributed by atoms with Gasteiger partial charge in [0, 0.05) is 5.25 Å². The minimum absolute atomic E-state index is 0.517. The Morgan fingerprint density at radius 3 is 3.06 bits per heavy atom. The van der Waals surface area contributed by atoms with E-state index >= 15 is 0 Å². The monoisotopic (exact) mass is 269 g/mol. The van der Waals surface area contributed by atoms with Gasteiger partial charge in [0.2, 0.25) is 0 Å². The molecular weight excluding hydrogens is 254 g/mol. The molecule has 2 rings (SSSR count). The van der Waals surface area contributed by atoms with E-state index in [1.54, 1.807) is 0 Å². The topological polar surface area (TPSA) is 64.9 Å². The average molecular weight is 269 g/mol. The van der Waals surface area contributed by atoms with Gasteiger partial charge in [0.25, 0.3) is 5.89 Å². The van der Waals surface area contributed by atoms with E-state index in [0.29, 0.717) is 11.1 Å². The molecule has 1 atom stereocenters. The smallest absolute Gasteiger partial charge is 0.260 e. The summed E-state index contributed by atoms with van der Waals surface area (Å²) < 4.78 is 5.21. The number of aromatic nitrogens is 2. The number of thioether (sulfide) groups is 1. The van der Waals surface area contributed by atoms with Crippen LogP contribution in [0.2, 0.25) is 0 Å². The van der Waals surface area contributed by atoms with Crippen molar-refractivity contribution in [3.63, 3.8) is 0 Å². The van der Waals surface area contributed by atoms with E-state index in [9.17, 15) is 0 Å². The van der Waals surface area contributed by atoms with Crippen LogP contribution in [0.25, 0.3) is 11.5 Å². The van der Waals surface area contributed by atoms with Crippen LogP contribution < -0.4 is 5.73 Å². The molecule has 0 aliphatic heterocycles. The van der Waals surface area contributed by atoms with Crippen molar-refractivity contribution in [2.24, 2.45) is 0 Å². The number of nitrogens with zero attached hydrogens (tertiary/aromatic N) is 2. The van der Waals surface area contributed by atoms with Gasteiger partial charge in [-0.3, -0.25) is 0 Å². The normalized spacial score (nSPS) is 12.8. The Labute approximate surface area is 109 Å². The summed E-state index contributed by atoms with van der Waals surface area (Å²) in [5.41, 5.74) is 6.65. The van der Waals surface area contributed by atoms with Gasteiger partial charge in [-0.25, -0.2) is 0 Å². The van der Waals surface area contributed by atoms with Crippen LogP contribution >= 0.6 is 23.1 Å². The number of hydrogen-bond acceptors (Lipinski definition) is 6. The van der Waals surface area contributed by atoms with Crippen LogP contribution in [0.3, 0.4) is 0 Å². The highest BCUT2D eigenvalue weighted by Gasteiger charge is 2.13. The maximum absolute atomic E-state index is 5.81. The predicted molar refractivity (Wildman–Crippen MR) is 73.1 cm³/mol. The van der Waals surface area contributed by atoms with Crippen LogP contribution in [0.1, 0.15) is 26.1 Å². The number of rotatable bonds is 5.